The second-order valence-corrected chi connectivity index (χ2v) is 4.34. The molecule has 3 rings (SSSR count). The van der Waals surface area contributed by atoms with Crippen molar-refractivity contribution in [3.8, 4) is 0 Å². The fraction of sp³-hybridized carbons (Fsp3) is 0.231. The van der Waals surface area contributed by atoms with E-state index in [-0.39, 0.29) is 36.1 Å². The third-order valence-electron chi connectivity index (χ3n) is 3.20. The number of carbonyl (C=O) groups is 4. The molecule has 1 unspecified atom stereocenters. The number of hydrogen-bond donors (Lipinski definition) is 1. The summed E-state index contributed by atoms with van der Waals surface area (Å²) in [6.07, 6.45) is 0.110. The number of imide groups is 2. The topological polar surface area (TPSA) is 83.6 Å². The zero-order valence-electron chi connectivity index (χ0n) is 11.7. The fourth-order valence-electron chi connectivity index (χ4n) is 2.29. The van der Waals surface area contributed by atoms with Crippen LogP contribution in [0.5, 0.6) is 0 Å². The van der Waals surface area contributed by atoms with Crippen LogP contribution in [0, 0.1) is 0 Å². The van der Waals surface area contributed by atoms with E-state index in [9.17, 15) is 19.2 Å². The molecule has 0 aliphatic carbocycles. The lowest BCUT2D eigenvalue weighted by Crippen LogP contribution is -2.54. The molecule has 1 fully saturated rings. The van der Waals surface area contributed by atoms with E-state index in [0.29, 0.717) is 0 Å². The van der Waals surface area contributed by atoms with Gasteiger partial charge in [0, 0.05) is 6.42 Å². The summed E-state index contributed by atoms with van der Waals surface area (Å²) in [4.78, 5) is 48.4. The molecule has 0 radical (unpaired) electrons. The highest BCUT2D eigenvalue weighted by Gasteiger charge is 2.44. The van der Waals surface area contributed by atoms with Crippen molar-refractivity contribution in [3.63, 3.8) is 0 Å². The largest absolute Gasteiger partial charge is 0.295 e. The van der Waals surface area contributed by atoms with Crippen molar-refractivity contribution in [1.29, 1.82) is 0 Å². The van der Waals surface area contributed by atoms with Gasteiger partial charge in [-0.15, -0.1) is 0 Å². The van der Waals surface area contributed by atoms with Gasteiger partial charge in [0.15, 0.2) is 0 Å². The second kappa shape index (κ2) is 4.01. The van der Waals surface area contributed by atoms with Crippen LogP contribution in [0.1, 0.15) is 36.3 Å². The molecule has 1 aromatic rings. The van der Waals surface area contributed by atoms with Gasteiger partial charge in [0.05, 0.1) is 13.9 Å². The maximum atomic E-state index is 12.3. The quantitative estimate of drug-likeness (QED) is 0.725. The zero-order valence-corrected chi connectivity index (χ0v) is 9.73. The summed E-state index contributed by atoms with van der Waals surface area (Å²) in [5.41, 5.74) is -0.136. The fourth-order valence-corrected chi connectivity index (χ4v) is 2.29. The van der Waals surface area contributed by atoms with Gasteiger partial charge in [-0.3, -0.25) is 29.4 Å². The summed E-state index contributed by atoms with van der Waals surface area (Å²) in [5, 5.41) is 2.09. The van der Waals surface area contributed by atoms with Crippen LogP contribution in [0.15, 0.2) is 24.2 Å². The van der Waals surface area contributed by atoms with Gasteiger partial charge in [0.1, 0.15) is 6.04 Å². The van der Waals surface area contributed by atoms with Gasteiger partial charge >= 0.3 is 0 Å². The molecule has 0 aromatic heterocycles. The predicted molar refractivity (Wildman–Crippen MR) is 63.1 cm³/mol. The zero-order chi connectivity index (χ0) is 15.3. The Balaban J connectivity index is 2.02. The Morgan fingerprint density at radius 1 is 1.21 bits per heavy atom. The highest BCUT2D eigenvalue weighted by Crippen LogP contribution is 2.26. The van der Waals surface area contributed by atoms with Gasteiger partial charge < -0.3 is 0 Å². The molecule has 96 valence electrons. The van der Waals surface area contributed by atoms with Crippen LogP contribution in [-0.2, 0) is 9.59 Å². The Hall–Kier alpha value is -2.50. The molecular weight excluding hydrogens is 248 g/mol. The number of nitrogens with zero attached hydrogens (tertiary/aromatic N) is 1. The molecule has 19 heavy (non-hydrogen) atoms. The van der Waals surface area contributed by atoms with Crippen LogP contribution >= 0.6 is 0 Å². The lowest BCUT2D eigenvalue weighted by atomic mass is 10.0. The molecule has 6 nitrogen and oxygen atoms in total. The molecule has 2 aliphatic heterocycles. The van der Waals surface area contributed by atoms with Crippen molar-refractivity contribution in [1.82, 2.24) is 10.2 Å². The van der Waals surface area contributed by atoms with Gasteiger partial charge in [-0.2, -0.15) is 0 Å². The SMILES string of the molecule is [2H]c1cc([2H])c2c(c1)C(=O)N(C1CCC(=O)NC1=O)C2=O. The second-order valence-electron chi connectivity index (χ2n) is 4.34. The minimum absolute atomic E-state index is 0.0396. The first kappa shape index (κ1) is 9.43. The predicted octanol–water partition coefficient (Wildman–Crippen LogP) is 0.0878. The van der Waals surface area contributed by atoms with Crippen molar-refractivity contribution >= 4 is 23.6 Å². The highest BCUT2D eigenvalue weighted by molar-refractivity contribution is 6.23. The third-order valence-corrected chi connectivity index (χ3v) is 3.20. The minimum Gasteiger partial charge on any atom is -0.295 e. The minimum atomic E-state index is -1.05. The average molecular weight is 260 g/mol. The maximum absolute atomic E-state index is 12.3. The van der Waals surface area contributed by atoms with Crippen molar-refractivity contribution in [2.45, 2.75) is 18.9 Å². The smallest absolute Gasteiger partial charge is 0.262 e. The van der Waals surface area contributed by atoms with Gasteiger partial charge in [0.2, 0.25) is 11.8 Å². The van der Waals surface area contributed by atoms with Crippen LogP contribution in [0.2, 0.25) is 0 Å². The summed E-state index contributed by atoms with van der Waals surface area (Å²) in [6, 6.07) is 1.05. The molecule has 0 spiro atoms. The number of rotatable bonds is 1. The summed E-state index contributed by atoms with van der Waals surface area (Å²) in [6.45, 7) is 0. The molecule has 2 aliphatic rings. The number of benzene rings is 1. The molecule has 1 N–H and O–H groups in total. The molecule has 0 saturated carbocycles. The van der Waals surface area contributed by atoms with E-state index in [0.717, 1.165) is 11.0 Å². The lowest BCUT2D eigenvalue weighted by molar-refractivity contribution is -0.136. The molecule has 1 aromatic carbocycles. The van der Waals surface area contributed by atoms with Crippen LogP contribution in [0.25, 0.3) is 0 Å². The first-order valence-electron chi connectivity index (χ1n) is 6.73. The first-order chi connectivity index (χ1) is 9.90. The van der Waals surface area contributed by atoms with E-state index < -0.39 is 29.7 Å². The number of piperidine rings is 1. The van der Waals surface area contributed by atoms with E-state index in [4.69, 9.17) is 2.74 Å². The van der Waals surface area contributed by atoms with E-state index in [1.165, 1.54) is 6.07 Å². The number of fused-ring (bicyclic) bond motifs is 1. The first-order valence-corrected chi connectivity index (χ1v) is 5.73. The Labute approximate surface area is 111 Å². The third kappa shape index (κ3) is 1.64. The Morgan fingerprint density at radius 2 is 1.95 bits per heavy atom. The summed E-state index contributed by atoms with van der Waals surface area (Å²) < 4.78 is 15.2. The van der Waals surface area contributed by atoms with Crippen LogP contribution in [0.4, 0.5) is 0 Å². The molecule has 6 heteroatoms. The average Bonchev–Trinajstić information content (AvgIpc) is 2.63. The number of amides is 4. The molecule has 1 atom stereocenters. The molecule has 0 bridgehead atoms. The van der Waals surface area contributed by atoms with Crippen molar-refractivity contribution in [2.75, 3.05) is 0 Å². The van der Waals surface area contributed by atoms with Crippen molar-refractivity contribution < 1.29 is 21.9 Å². The summed E-state index contributed by atoms with van der Waals surface area (Å²) in [7, 11) is 0. The van der Waals surface area contributed by atoms with Crippen LogP contribution in [-0.4, -0.2) is 34.6 Å². The molecule has 4 amide bonds. The molecule has 1 saturated heterocycles. The van der Waals surface area contributed by atoms with Crippen molar-refractivity contribution in [2.24, 2.45) is 0 Å². The van der Waals surface area contributed by atoms with E-state index in [2.05, 4.69) is 5.32 Å². The Bertz CT molecular complexity index is 716. The van der Waals surface area contributed by atoms with Crippen LogP contribution in [0.3, 0.4) is 0 Å². The van der Waals surface area contributed by atoms with Gasteiger partial charge in [-0.05, 0) is 18.5 Å². The normalized spacial score (nSPS) is 24.0. The maximum Gasteiger partial charge on any atom is 0.262 e. The van der Waals surface area contributed by atoms with Gasteiger partial charge in [-0.25, -0.2) is 0 Å². The number of carbonyl (C=O) groups excluding carboxylic acids is 4. The highest BCUT2D eigenvalue weighted by atomic mass is 16.2. The van der Waals surface area contributed by atoms with Crippen molar-refractivity contribution in [3.05, 3.63) is 35.3 Å². The Kier molecular flexibility index (Phi) is 1.99. The molecular formula is C13H10N2O4. The Morgan fingerprint density at radius 3 is 2.68 bits per heavy atom. The van der Waals surface area contributed by atoms with E-state index in [1.54, 1.807) is 0 Å². The van der Waals surface area contributed by atoms with E-state index in [1.807, 2.05) is 0 Å². The van der Waals surface area contributed by atoms with Gasteiger partial charge in [0.25, 0.3) is 11.8 Å². The standard InChI is InChI=1S/C13H10N2O4/c16-10-6-5-9(11(17)14-10)15-12(18)7-3-1-2-4-8(7)13(15)19/h1-4,9H,5-6H2,(H,14,16,17)/i1D,4D. The lowest BCUT2D eigenvalue weighted by Gasteiger charge is -2.27. The summed E-state index contributed by atoms with van der Waals surface area (Å²) >= 11 is 0. The van der Waals surface area contributed by atoms with E-state index >= 15 is 0 Å². The monoisotopic (exact) mass is 260 g/mol. The number of hydrogen-bond acceptors (Lipinski definition) is 4. The van der Waals surface area contributed by atoms with Gasteiger partial charge in [-0.1, -0.05) is 12.1 Å². The summed E-state index contributed by atoms with van der Waals surface area (Å²) in [5.74, 6) is -2.57. The van der Waals surface area contributed by atoms with Crippen LogP contribution < -0.4 is 5.32 Å². The molecule has 2 heterocycles. The number of nitrogens with one attached hydrogen (secondary N) is 1.